The molecule has 0 spiro atoms. The third-order valence-electron chi connectivity index (χ3n) is 3.82. The predicted molar refractivity (Wildman–Crippen MR) is 103 cm³/mol. The van der Waals surface area contributed by atoms with Gasteiger partial charge >= 0.3 is 5.97 Å². The summed E-state index contributed by atoms with van der Waals surface area (Å²) in [6.45, 7) is 3.65. The number of hydrogen-bond acceptors (Lipinski definition) is 7. The second-order valence-electron chi connectivity index (χ2n) is 5.92. The van der Waals surface area contributed by atoms with Crippen LogP contribution in [0.25, 0.3) is 0 Å². The van der Waals surface area contributed by atoms with Gasteiger partial charge in [0.05, 0.1) is 25.2 Å². The quantitative estimate of drug-likeness (QED) is 0.441. The third-order valence-corrected chi connectivity index (χ3v) is 5.14. The molecule has 0 aliphatic heterocycles. The highest BCUT2D eigenvalue weighted by atomic mass is 32.2. The zero-order valence-corrected chi connectivity index (χ0v) is 17.0. The standard InChI is InChI=1S/C20H24O7S/c1-4-25-20(21)14-26-18-10-7-16(13-19(18)24-3)11-12-27-28(22,23)17-8-5-15(2)6-9-17/h5-10,13H,4,11-12,14H2,1-3H3. The molecule has 28 heavy (non-hydrogen) atoms. The van der Waals surface area contributed by atoms with Gasteiger partial charge in [-0.1, -0.05) is 23.8 Å². The van der Waals surface area contributed by atoms with Crippen molar-refractivity contribution in [2.45, 2.75) is 25.2 Å². The number of carbonyl (C=O) groups excluding carboxylic acids is 1. The summed E-state index contributed by atoms with van der Waals surface area (Å²) in [7, 11) is -2.32. The summed E-state index contributed by atoms with van der Waals surface area (Å²) in [5.74, 6) is 0.360. The van der Waals surface area contributed by atoms with E-state index in [0.717, 1.165) is 11.1 Å². The maximum absolute atomic E-state index is 12.2. The molecule has 152 valence electrons. The van der Waals surface area contributed by atoms with E-state index in [4.69, 9.17) is 18.4 Å². The van der Waals surface area contributed by atoms with Crippen LogP contribution in [0.4, 0.5) is 0 Å². The van der Waals surface area contributed by atoms with Crippen molar-refractivity contribution in [1.82, 2.24) is 0 Å². The number of benzene rings is 2. The minimum atomic E-state index is -3.80. The molecule has 2 aromatic rings. The van der Waals surface area contributed by atoms with Crippen LogP contribution in [-0.2, 0) is 30.3 Å². The Kier molecular flexibility index (Phi) is 7.83. The van der Waals surface area contributed by atoms with Crippen LogP contribution in [0.15, 0.2) is 47.4 Å². The number of hydrogen-bond donors (Lipinski definition) is 0. The van der Waals surface area contributed by atoms with E-state index in [1.165, 1.54) is 19.2 Å². The highest BCUT2D eigenvalue weighted by Crippen LogP contribution is 2.28. The molecule has 0 N–H and O–H groups in total. The van der Waals surface area contributed by atoms with E-state index >= 15 is 0 Å². The van der Waals surface area contributed by atoms with Gasteiger partial charge < -0.3 is 14.2 Å². The minimum absolute atomic E-state index is 0.0115. The number of ether oxygens (including phenoxy) is 3. The highest BCUT2D eigenvalue weighted by molar-refractivity contribution is 7.86. The molecule has 0 saturated carbocycles. The van der Waals surface area contributed by atoms with Crippen LogP contribution in [0.1, 0.15) is 18.1 Å². The molecular formula is C20H24O7S. The van der Waals surface area contributed by atoms with E-state index in [1.807, 2.05) is 6.92 Å². The molecule has 0 bridgehead atoms. The Morgan fingerprint density at radius 1 is 1.04 bits per heavy atom. The topological polar surface area (TPSA) is 88.1 Å². The fourth-order valence-corrected chi connectivity index (χ4v) is 3.28. The maximum atomic E-state index is 12.2. The fourth-order valence-electron chi connectivity index (χ4n) is 2.37. The molecule has 0 amide bonds. The van der Waals surface area contributed by atoms with Gasteiger partial charge in [-0.05, 0) is 50.1 Å². The van der Waals surface area contributed by atoms with Crippen LogP contribution >= 0.6 is 0 Å². The van der Waals surface area contributed by atoms with Gasteiger partial charge in [0, 0.05) is 0 Å². The number of carbonyl (C=O) groups is 1. The lowest BCUT2D eigenvalue weighted by Crippen LogP contribution is -2.15. The summed E-state index contributed by atoms with van der Waals surface area (Å²) in [4.78, 5) is 11.5. The smallest absolute Gasteiger partial charge is 0.344 e. The van der Waals surface area contributed by atoms with E-state index < -0.39 is 16.1 Å². The average molecular weight is 408 g/mol. The molecule has 0 atom stereocenters. The van der Waals surface area contributed by atoms with E-state index in [1.54, 1.807) is 37.3 Å². The van der Waals surface area contributed by atoms with Crippen LogP contribution < -0.4 is 9.47 Å². The van der Waals surface area contributed by atoms with E-state index in [0.29, 0.717) is 17.9 Å². The zero-order chi connectivity index (χ0) is 20.6. The summed E-state index contributed by atoms with van der Waals surface area (Å²) in [5.41, 5.74) is 1.77. The lowest BCUT2D eigenvalue weighted by Gasteiger charge is -2.12. The Hall–Kier alpha value is -2.58. The fraction of sp³-hybridized carbons (Fsp3) is 0.350. The molecule has 0 aliphatic carbocycles. The first kappa shape index (κ1) is 21.7. The van der Waals surface area contributed by atoms with Gasteiger partial charge in [-0.3, -0.25) is 4.18 Å². The summed E-state index contributed by atoms with van der Waals surface area (Å²) < 4.78 is 45.0. The Balaban J connectivity index is 1.95. The summed E-state index contributed by atoms with van der Waals surface area (Å²) in [6.07, 6.45) is 0.361. The minimum Gasteiger partial charge on any atom is -0.493 e. The second-order valence-corrected chi connectivity index (χ2v) is 7.53. The van der Waals surface area contributed by atoms with Crippen molar-refractivity contribution in [2.24, 2.45) is 0 Å². The van der Waals surface area contributed by atoms with Crippen LogP contribution in [0, 0.1) is 6.92 Å². The van der Waals surface area contributed by atoms with Crippen molar-refractivity contribution in [3.63, 3.8) is 0 Å². The molecule has 2 rings (SSSR count). The molecule has 2 aromatic carbocycles. The molecule has 0 unspecified atom stereocenters. The molecule has 0 fully saturated rings. The van der Waals surface area contributed by atoms with Gasteiger partial charge in [0.15, 0.2) is 18.1 Å². The van der Waals surface area contributed by atoms with Crippen molar-refractivity contribution in [3.05, 3.63) is 53.6 Å². The van der Waals surface area contributed by atoms with E-state index in [9.17, 15) is 13.2 Å². The lowest BCUT2D eigenvalue weighted by atomic mass is 10.1. The molecule has 7 nitrogen and oxygen atoms in total. The number of rotatable bonds is 10. The van der Waals surface area contributed by atoms with Crippen molar-refractivity contribution in [2.75, 3.05) is 26.9 Å². The second kappa shape index (κ2) is 10.1. The number of aryl methyl sites for hydroxylation is 1. The predicted octanol–water partition coefficient (Wildman–Crippen LogP) is 2.89. The van der Waals surface area contributed by atoms with Crippen LogP contribution in [0.5, 0.6) is 11.5 Å². The summed E-state index contributed by atoms with van der Waals surface area (Å²) in [6, 6.07) is 11.6. The van der Waals surface area contributed by atoms with Crippen LogP contribution in [-0.4, -0.2) is 41.3 Å². The van der Waals surface area contributed by atoms with Gasteiger partial charge in [0.1, 0.15) is 0 Å². The SMILES string of the molecule is CCOC(=O)COc1ccc(CCOS(=O)(=O)c2ccc(C)cc2)cc1OC. The van der Waals surface area contributed by atoms with Crippen LogP contribution in [0.2, 0.25) is 0 Å². The number of methoxy groups -OCH3 is 1. The van der Waals surface area contributed by atoms with Crippen LogP contribution in [0.3, 0.4) is 0 Å². The Morgan fingerprint density at radius 3 is 2.39 bits per heavy atom. The third kappa shape index (κ3) is 6.24. The largest absolute Gasteiger partial charge is 0.493 e. The van der Waals surface area contributed by atoms with Crippen molar-refractivity contribution in [1.29, 1.82) is 0 Å². The van der Waals surface area contributed by atoms with Gasteiger partial charge in [0.2, 0.25) is 0 Å². The molecular weight excluding hydrogens is 384 g/mol. The molecule has 0 saturated heterocycles. The van der Waals surface area contributed by atoms with E-state index in [-0.39, 0.29) is 24.7 Å². The van der Waals surface area contributed by atoms with Crippen molar-refractivity contribution in [3.8, 4) is 11.5 Å². The Bertz CT molecular complexity index is 889. The van der Waals surface area contributed by atoms with Crippen molar-refractivity contribution < 1.29 is 31.6 Å². The molecule has 8 heteroatoms. The zero-order valence-electron chi connectivity index (χ0n) is 16.1. The average Bonchev–Trinajstić information content (AvgIpc) is 2.67. The van der Waals surface area contributed by atoms with Gasteiger partial charge in [-0.2, -0.15) is 8.42 Å². The first-order chi connectivity index (χ1) is 13.4. The molecule has 0 heterocycles. The highest BCUT2D eigenvalue weighted by Gasteiger charge is 2.15. The molecule has 0 aliphatic rings. The number of esters is 1. The Morgan fingerprint density at radius 2 is 1.75 bits per heavy atom. The van der Waals surface area contributed by atoms with Crippen molar-refractivity contribution >= 4 is 16.1 Å². The summed E-state index contributed by atoms with van der Waals surface area (Å²) in [5, 5.41) is 0. The lowest BCUT2D eigenvalue weighted by molar-refractivity contribution is -0.145. The van der Waals surface area contributed by atoms with Gasteiger partial charge in [-0.15, -0.1) is 0 Å². The van der Waals surface area contributed by atoms with Gasteiger partial charge in [0.25, 0.3) is 10.1 Å². The summed E-state index contributed by atoms with van der Waals surface area (Å²) >= 11 is 0. The maximum Gasteiger partial charge on any atom is 0.344 e. The molecule has 0 radical (unpaired) electrons. The monoisotopic (exact) mass is 408 g/mol. The van der Waals surface area contributed by atoms with E-state index in [2.05, 4.69) is 0 Å². The first-order valence-corrected chi connectivity index (χ1v) is 10.2. The normalized spacial score (nSPS) is 11.1. The molecule has 0 aromatic heterocycles. The first-order valence-electron chi connectivity index (χ1n) is 8.77. The van der Waals surface area contributed by atoms with Gasteiger partial charge in [-0.25, -0.2) is 4.79 Å². The Labute approximate surface area is 165 Å².